The van der Waals surface area contributed by atoms with E-state index in [1.165, 1.54) is 24.4 Å². The first-order chi connectivity index (χ1) is 16.5. The fourth-order valence-corrected chi connectivity index (χ4v) is 6.22. The molecule has 2 unspecified atom stereocenters. The average Bonchev–Trinajstić information content (AvgIpc) is 2.99. The van der Waals surface area contributed by atoms with Crippen molar-refractivity contribution in [3.8, 4) is 0 Å². The molecule has 0 radical (unpaired) electrons. The van der Waals surface area contributed by atoms with Crippen molar-refractivity contribution in [1.82, 2.24) is 20.5 Å². The summed E-state index contributed by atoms with van der Waals surface area (Å²) in [5, 5.41) is 13.1. The summed E-state index contributed by atoms with van der Waals surface area (Å²) in [6.45, 7) is 0.977. The van der Waals surface area contributed by atoms with Crippen LogP contribution in [0.3, 0.4) is 0 Å². The summed E-state index contributed by atoms with van der Waals surface area (Å²) in [6.07, 6.45) is 1.53. The third-order valence-corrected chi connectivity index (χ3v) is 8.42. The number of fused-ring (bicyclic) bond motifs is 1. The fourth-order valence-electron chi connectivity index (χ4n) is 3.94. The molecule has 0 aromatic carbocycles. The number of hydrogen-bond acceptors (Lipinski definition) is 10. The molecule has 1 aromatic heterocycles. The molecule has 15 heteroatoms. The molecule has 35 heavy (non-hydrogen) atoms. The highest BCUT2D eigenvalue weighted by Crippen LogP contribution is 2.49. The molecule has 2 aliphatic heterocycles. The first-order valence-electron chi connectivity index (χ1n) is 10.5. The van der Waals surface area contributed by atoms with E-state index in [9.17, 15) is 32.7 Å². The van der Waals surface area contributed by atoms with Crippen molar-refractivity contribution in [3.05, 3.63) is 35.2 Å². The van der Waals surface area contributed by atoms with Gasteiger partial charge in [-0.25, -0.2) is 18.0 Å². The smallest absolute Gasteiger partial charge is 0.407 e. The van der Waals surface area contributed by atoms with Crippen LogP contribution in [0, 0.1) is 0 Å². The van der Waals surface area contributed by atoms with E-state index < -0.39 is 56.5 Å². The van der Waals surface area contributed by atoms with Gasteiger partial charge in [0.1, 0.15) is 11.4 Å². The van der Waals surface area contributed by atoms with Crippen LogP contribution in [0.25, 0.3) is 6.08 Å². The topological polar surface area (TPSA) is 224 Å². The number of carboxylic acids is 1. The van der Waals surface area contributed by atoms with E-state index in [1.54, 1.807) is 0 Å². The largest absolute Gasteiger partial charge is 0.480 e. The Labute approximate surface area is 200 Å². The molecule has 14 nitrogen and oxygen atoms in total. The fraction of sp³-hybridized carbons (Fsp3) is 0.450. The number of nitrogens with one attached hydrogen (secondary N) is 2. The van der Waals surface area contributed by atoms with Crippen LogP contribution in [0.4, 0.5) is 4.79 Å². The number of pyridine rings is 1. The van der Waals surface area contributed by atoms with Gasteiger partial charge in [-0.15, -0.1) is 0 Å². The molecule has 2 aliphatic rings. The van der Waals surface area contributed by atoms with Crippen molar-refractivity contribution in [2.45, 2.75) is 23.1 Å². The van der Waals surface area contributed by atoms with Gasteiger partial charge in [0, 0.05) is 37.9 Å². The second-order valence-corrected chi connectivity index (χ2v) is 10.5. The Balaban J connectivity index is 1.92. The minimum atomic E-state index is -4.37. The van der Waals surface area contributed by atoms with Crippen molar-refractivity contribution in [3.63, 3.8) is 0 Å². The number of hydrogen-bond donors (Lipinski definition) is 5. The minimum absolute atomic E-state index is 0.0705. The quantitative estimate of drug-likeness (QED) is 0.174. The van der Waals surface area contributed by atoms with E-state index in [4.69, 9.17) is 16.2 Å². The van der Waals surface area contributed by atoms with Crippen molar-refractivity contribution in [1.29, 1.82) is 0 Å². The standard InChI is InChI=1S/C20H26N6O8S/c1-20(10-34-19(31)25-7-4-22)14(18(29)30)26-16(28)13(17(26)35(20,32)33)9-12-8-11(2-5-23-12)15(27)24-6-3-21/h2,5,8-9,14,17H,3-4,6-7,10,21-22H2,1H3,(H,24,27)(H,25,31)(H,29,30)/b13-9-/t14-,17?,20?/m0/s1. The van der Waals surface area contributed by atoms with E-state index in [1.807, 2.05) is 0 Å². The Morgan fingerprint density at radius 3 is 2.54 bits per heavy atom. The van der Waals surface area contributed by atoms with Crippen molar-refractivity contribution >= 4 is 39.8 Å². The zero-order valence-corrected chi connectivity index (χ0v) is 19.6. The van der Waals surface area contributed by atoms with Crippen LogP contribution in [-0.4, -0.2) is 96.2 Å². The van der Waals surface area contributed by atoms with Gasteiger partial charge in [-0.05, 0) is 25.1 Å². The summed E-state index contributed by atoms with van der Waals surface area (Å²) in [5.74, 6) is -2.81. The number of ether oxygens (including phenoxy) is 1. The maximum atomic E-state index is 13.4. The van der Waals surface area contributed by atoms with Gasteiger partial charge in [0.2, 0.25) is 0 Å². The Morgan fingerprint density at radius 1 is 1.26 bits per heavy atom. The average molecular weight is 511 g/mol. The number of aromatic nitrogens is 1. The van der Waals surface area contributed by atoms with Crippen LogP contribution < -0.4 is 22.1 Å². The number of alkyl carbamates (subject to hydrolysis) is 1. The van der Waals surface area contributed by atoms with E-state index >= 15 is 0 Å². The molecule has 0 bridgehead atoms. The summed E-state index contributed by atoms with van der Waals surface area (Å²) < 4.78 is 29.7. The number of amides is 3. The number of carbonyl (C=O) groups is 4. The van der Waals surface area contributed by atoms with Crippen molar-refractivity contribution in [2.24, 2.45) is 11.5 Å². The lowest BCUT2D eigenvalue weighted by atomic mass is 9.94. The summed E-state index contributed by atoms with van der Waals surface area (Å²) in [5.41, 5.74) is 10.8. The number of sulfone groups is 1. The molecule has 2 saturated heterocycles. The highest BCUT2D eigenvalue weighted by molar-refractivity contribution is 7.94. The van der Waals surface area contributed by atoms with Gasteiger partial charge in [0.15, 0.2) is 21.3 Å². The van der Waals surface area contributed by atoms with Crippen molar-refractivity contribution in [2.75, 3.05) is 32.8 Å². The van der Waals surface area contributed by atoms with E-state index in [0.717, 1.165) is 11.8 Å². The number of nitrogens with zero attached hydrogens (tertiary/aromatic N) is 2. The van der Waals surface area contributed by atoms with Gasteiger partial charge in [0.25, 0.3) is 11.8 Å². The zero-order chi connectivity index (χ0) is 26.0. The van der Waals surface area contributed by atoms with Gasteiger partial charge in [-0.1, -0.05) is 0 Å². The number of rotatable bonds is 9. The first kappa shape index (κ1) is 26.1. The van der Waals surface area contributed by atoms with Gasteiger partial charge in [0.05, 0.1) is 11.3 Å². The summed E-state index contributed by atoms with van der Waals surface area (Å²) in [7, 11) is -4.37. The van der Waals surface area contributed by atoms with Crippen LogP contribution in [0.5, 0.6) is 0 Å². The molecule has 0 aliphatic carbocycles. The third-order valence-electron chi connectivity index (χ3n) is 5.71. The molecular formula is C20H26N6O8S. The first-order valence-corrected chi connectivity index (χ1v) is 12.1. The Hall–Kier alpha value is -3.56. The van der Waals surface area contributed by atoms with Crippen LogP contribution in [-0.2, 0) is 24.2 Å². The van der Waals surface area contributed by atoms with Gasteiger partial charge in [-0.2, -0.15) is 0 Å². The van der Waals surface area contributed by atoms with Crippen LogP contribution in [0.1, 0.15) is 23.0 Å². The minimum Gasteiger partial charge on any atom is -0.480 e. The highest BCUT2D eigenvalue weighted by Gasteiger charge is 2.72. The normalized spacial score (nSPS) is 25.5. The van der Waals surface area contributed by atoms with Crippen LogP contribution in [0.2, 0.25) is 0 Å². The molecule has 0 saturated carbocycles. The molecule has 3 rings (SSSR count). The number of nitrogens with two attached hydrogens (primary N) is 2. The summed E-state index contributed by atoms with van der Waals surface area (Å²) in [4.78, 5) is 53.6. The van der Waals surface area contributed by atoms with Gasteiger partial charge < -0.3 is 36.8 Å². The van der Waals surface area contributed by atoms with E-state index in [2.05, 4.69) is 15.6 Å². The lowest BCUT2D eigenvalue weighted by molar-refractivity contribution is -0.153. The molecule has 3 amide bonds. The lowest BCUT2D eigenvalue weighted by Gasteiger charge is -2.37. The monoisotopic (exact) mass is 510 g/mol. The Morgan fingerprint density at radius 2 is 1.91 bits per heavy atom. The highest BCUT2D eigenvalue weighted by atomic mass is 32.2. The Kier molecular flexibility index (Phi) is 7.42. The molecule has 0 spiro atoms. The predicted octanol–water partition coefficient (Wildman–Crippen LogP) is -2.35. The molecule has 3 heterocycles. The molecule has 1 aromatic rings. The zero-order valence-electron chi connectivity index (χ0n) is 18.8. The summed E-state index contributed by atoms with van der Waals surface area (Å²) in [6, 6.07) is 1.00. The predicted molar refractivity (Wildman–Crippen MR) is 121 cm³/mol. The molecule has 2 fully saturated rings. The second-order valence-electron chi connectivity index (χ2n) is 8.07. The van der Waals surface area contributed by atoms with E-state index in [0.29, 0.717) is 0 Å². The lowest BCUT2D eigenvalue weighted by Crippen LogP contribution is -2.59. The SMILES string of the molecule is CC1(COC(=O)NCCN)[C@H](C(=O)O)N2C(=O)/C(=C/c3cc(C(=O)NCCN)ccn3)C2S1(=O)=O. The second kappa shape index (κ2) is 9.97. The molecular weight excluding hydrogens is 484 g/mol. The van der Waals surface area contributed by atoms with E-state index in [-0.39, 0.29) is 43.0 Å². The molecule has 7 N–H and O–H groups in total. The Bertz CT molecular complexity index is 1190. The van der Waals surface area contributed by atoms with Gasteiger partial charge >= 0.3 is 12.1 Å². The van der Waals surface area contributed by atoms with Crippen LogP contribution in [0.15, 0.2) is 23.9 Å². The maximum Gasteiger partial charge on any atom is 0.407 e. The summed E-state index contributed by atoms with van der Waals surface area (Å²) >= 11 is 0. The van der Waals surface area contributed by atoms with Crippen LogP contribution >= 0.6 is 0 Å². The third kappa shape index (κ3) is 4.56. The number of carbonyl (C=O) groups excluding carboxylic acids is 3. The number of aliphatic carboxylic acids is 1. The molecule has 190 valence electrons. The molecule has 3 atom stereocenters. The number of carboxylic acid groups (broad SMARTS) is 1. The van der Waals surface area contributed by atoms with Crippen molar-refractivity contribution < 1.29 is 37.4 Å². The van der Waals surface area contributed by atoms with Gasteiger partial charge in [-0.3, -0.25) is 14.6 Å². The maximum absolute atomic E-state index is 13.4. The number of β-lactam (4-membered cyclic amide) rings is 1.